The standard InChI is InChI=1S/C17H33NO3Si2/c1-17(2,3)22(7,8)18(16-12-10-9-11-13-16)14-15-23(19-4,20-5)21-6/h9-13H,14-15H2,1-8H3. The molecule has 0 aliphatic carbocycles. The molecule has 6 heteroatoms. The van der Waals surface area contributed by atoms with Crippen molar-refractivity contribution < 1.29 is 13.3 Å². The molecule has 4 nitrogen and oxygen atoms in total. The second-order valence-corrected chi connectivity index (χ2v) is 15.6. The van der Waals surface area contributed by atoms with Crippen LogP contribution in [0.15, 0.2) is 30.3 Å². The zero-order chi connectivity index (χ0) is 17.7. The zero-order valence-electron chi connectivity index (χ0n) is 16.0. The molecule has 0 radical (unpaired) electrons. The Bertz CT molecular complexity index is 462. The Morgan fingerprint density at radius 2 is 1.39 bits per heavy atom. The van der Waals surface area contributed by atoms with Crippen molar-refractivity contribution in [3.63, 3.8) is 0 Å². The fourth-order valence-electron chi connectivity index (χ4n) is 2.55. The summed E-state index contributed by atoms with van der Waals surface area (Å²) in [7, 11) is 0.742. The van der Waals surface area contributed by atoms with Gasteiger partial charge in [-0.3, -0.25) is 0 Å². The van der Waals surface area contributed by atoms with Crippen LogP contribution in [0.2, 0.25) is 24.2 Å². The van der Waals surface area contributed by atoms with Gasteiger partial charge in [0.05, 0.1) is 0 Å². The van der Waals surface area contributed by atoms with E-state index in [-0.39, 0.29) is 5.04 Å². The molecule has 0 aromatic heterocycles. The van der Waals surface area contributed by atoms with Crippen molar-refractivity contribution in [2.45, 2.75) is 44.9 Å². The van der Waals surface area contributed by atoms with Crippen molar-refractivity contribution in [1.82, 2.24) is 0 Å². The lowest BCUT2D eigenvalue weighted by molar-refractivity contribution is 0.124. The highest BCUT2D eigenvalue weighted by Crippen LogP contribution is 2.40. The van der Waals surface area contributed by atoms with E-state index < -0.39 is 17.0 Å². The van der Waals surface area contributed by atoms with Gasteiger partial charge in [-0.1, -0.05) is 52.1 Å². The maximum Gasteiger partial charge on any atom is 0.501 e. The van der Waals surface area contributed by atoms with E-state index in [1.54, 1.807) is 21.3 Å². The van der Waals surface area contributed by atoms with Gasteiger partial charge in [-0.15, -0.1) is 0 Å². The number of benzene rings is 1. The predicted octanol–water partition coefficient (Wildman–Crippen LogP) is 4.38. The van der Waals surface area contributed by atoms with Crippen LogP contribution in [-0.4, -0.2) is 44.9 Å². The lowest BCUT2D eigenvalue weighted by atomic mass is 10.2. The lowest BCUT2D eigenvalue weighted by Gasteiger charge is -2.48. The maximum absolute atomic E-state index is 5.60. The molecule has 0 unspecified atom stereocenters. The third-order valence-corrected chi connectivity index (χ3v) is 13.4. The lowest BCUT2D eigenvalue weighted by Crippen LogP contribution is -2.57. The molecule has 0 bridgehead atoms. The van der Waals surface area contributed by atoms with Gasteiger partial charge in [-0.25, -0.2) is 0 Å². The molecule has 0 saturated heterocycles. The Kier molecular flexibility index (Phi) is 7.03. The maximum atomic E-state index is 5.60. The van der Waals surface area contributed by atoms with Crippen LogP contribution in [0.3, 0.4) is 0 Å². The Morgan fingerprint density at radius 1 is 0.913 bits per heavy atom. The van der Waals surface area contributed by atoms with Gasteiger partial charge in [0.25, 0.3) is 0 Å². The highest BCUT2D eigenvalue weighted by molar-refractivity contribution is 6.83. The first-order chi connectivity index (χ1) is 10.6. The Labute approximate surface area is 144 Å². The van der Waals surface area contributed by atoms with Crippen molar-refractivity contribution >= 4 is 22.7 Å². The van der Waals surface area contributed by atoms with E-state index in [9.17, 15) is 0 Å². The molecule has 0 saturated carbocycles. The number of rotatable bonds is 8. The third-order valence-electron chi connectivity index (χ3n) is 5.15. The van der Waals surface area contributed by atoms with E-state index >= 15 is 0 Å². The molecule has 0 fully saturated rings. The highest BCUT2D eigenvalue weighted by atomic mass is 28.4. The van der Waals surface area contributed by atoms with Crippen LogP contribution in [-0.2, 0) is 13.3 Å². The number of hydrogen-bond acceptors (Lipinski definition) is 4. The molecule has 132 valence electrons. The monoisotopic (exact) mass is 355 g/mol. The van der Waals surface area contributed by atoms with Gasteiger partial charge in [0.2, 0.25) is 0 Å². The van der Waals surface area contributed by atoms with Gasteiger partial charge in [-0.2, -0.15) is 0 Å². The van der Waals surface area contributed by atoms with Crippen molar-refractivity contribution in [2.24, 2.45) is 0 Å². The van der Waals surface area contributed by atoms with Crippen LogP contribution in [0, 0.1) is 0 Å². The minimum Gasteiger partial charge on any atom is -0.397 e. The second-order valence-electron chi connectivity index (χ2n) is 7.34. The van der Waals surface area contributed by atoms with E-state index in [0.29, 0.717) is 0 Å². The van der Waals surface area contributed by atoms with Crippen LogP contribution in [0.4, 0.5) is 5.69 Å². The summed E-state index contributed by atoms with van der Waals surface area (Å²) in [6.45, 7) is 12.7. The summed E-state index contributed by atoms with van der Waals surface area (Å²) >= 11 is 0. The molecule has 0 atom stereocenters. The normalized spacial score (nSPS) is 13.2. The molecule has 1 rings (SSSR count). The summed E-state index contributed by atoms with van der Waals surface area (Å²) < 4.78 is 19.4. The molecule has 0 heterocycles. The minimum atomic E-state index is -2.57. The summed E-state index contributed by atoms with van der Waals surface area (Å²) in [5.41, 5.74) is 1.27. The topological polar surface area (TPSA) is 30.9 Å². The van der Waals surface area contributed by atoms with Crippen LogP contribution < -0.4 is 4.57 Å². The van der Waals surface area contributed by atoms with Gasteiger partial charge in [-0.05, 0) is 17.2 Å². The van der Waals surface area contributed by atoms with E-state index in [1.165, 1.54) is 5.69 Å². The Hall–Kier alpha value is -0.666. The first-order valence-electron chi connectivity index (χ1n) is 8.11. The SMILES string of the molecule is CO[Si](CCN(c1ccccc1)[Si](C)(C)C(C)(C)C)(OC)OC. The number of hydrogen-bond donors (Lipinski definition) is 0. The first-order valence-corrected chi connectivity index (χ1v) is 13.0. The average molecular weight is 356 g/mol. The van der Waals surface area contributed by atoms with E-state index in [2.05, 4.69) is 68.8 Å². The van der Waals surface area contributed by atoms with Crippen molar-refractivity contribution in [3.8, 4) is 0 Å². The second kappa shape index (κ2) is 7.94. The van der Waals surface area contributed by atoms with Crippen LogP contribution >= 0.6 is 0 Å². The minimum absolute atomic E-state index is 0.250. The quantitative estimate of drug-likeness (QED) is 0.648. The number of para-hydroxylation sites is 1. The molecule has 0 aliphatic rings. The highest BCUT2D eigenvalue weighted by Gasteiger charge is 2.44. The summed E-state index contributed by atoms with van der Waals surface area (Å²) in [5.74, 6) is 0. The molecule has 0 N–H and O–H groups in total. The first kappa shape index (κ1) is 20.4. The summed E-state index contributed by atoms with van der Waals surface area (Å²) in [6.07, 6.45) is 0. The Morgan fingerprint density at radius 3 is 1.78 bits per heavy atom. The zero-order valence-corrected chi connectivity index (χ0v) is 18.0. The molecule has 1 aromatic carbocycles. The van der Waals surface area contributed by atoms with E-state index in [1.807, 2.05) is 0 Å². The smallest absolute Gasteiger partial charge is 0.397 e. The predicted molar refractivity (Wildman–Crippen MR) is 103 cm³/mol. The van der Waals surface area contributed by atoms with Crippen molar-refractivity contribution in [1.29, 1.82) is 0 Å². The Balaban J connectivity index is 3.12. The van der Waals surface area contributed by atoms with Gasteiger partial charge < -0.3 is 17.8 Å². The third kappa shape index (κ3) is 4.67. The van der Waals surface area contributed by atoms with E-state index in [0.717, 1.165) is 12.6 Å². The van der Waals surface area contributed by atoms with Crippen LogP contribution in [0.1, 0.15) is 20.8 Å². The van der Waals surface area contributed by atoms with E-state index in [4.69, 9.17) is 13.3 Å². The summed E-state index contributed by atoms with van der Waals surface area (Å²) in [6, 6.07) is 11.4. The van der Waals surface area contributed by atoms with Gasteiger partial charge in [0, 0.05) is 39.6 Å². The number of nitrogens with zero attached hydrogens (tertiary/aromatic N) is 1. The van der Waals surface area contributed by atoms with Crippen molar-refractivity contribution in [3.05, 3.63) is 30.3 Å². The van der Waals surface area contributed by atoms with Crippen LogP contribution in [0.25, 0.3) is 0 Å². The molecule has 0 aliphatic heterocycles. The molecule has 0 spiro atoms. The largest absolute Gasteiger partial charge is 0.501 e. The molecule has 1 aromatic rings. The molecule has 23 heavy (non-hydrogen) atoms. The fraction of sp³-hybridized carbons (Fsp3) is 0.647. The summed E-state index contributed by atoms with van der Waals surface area (Å²) in [4.78, 5) is 0. The van der Waals surface area contributed by atoms with Gasteiger partial charge >= 0.3 is 8.80 Å². The average Bonchev–Trinajstić information content (AvgIpc) is 2.52. The molecule has 0 amide bonds. The van der Waals surface area contributed by atoms with Crippen LogP contribution in [0.5, 0.6) is 0 Å². The van der Waals surface area contributed by atoms with Crippen molar-refractivity contribution in [2.75, 3.05) is 32.4 Å². The molecular weight excluding hydrogens is 322 g/mol. The number of anilines is 1. The van der Waals surface area contributed by atoms with Gasteiger partial charge in [0.15, 0.2) is 8.24 Å². The van der Waals surface area contributed by atoms with Gasteiger partial charge in [0.1, 0.15) is 0 Å². The summed E-state index contributed by atoms with van der Waals surface area (Å²) in [5, 5.41) is 0.250. The molecular formula is C17H33NO3Si2. The fourth-order valence-corrected chi connectivity index (χ4v) is 6.66.